The lowest BCUT2D eigenvalue weighted by Gasteiger charge is -2.09. The molecule has 0 radical (unpaired) electrons. The van der Waals surface area contributed by atoms with Crippen molar-refractivity contribution in [3.05, 3.63) is 48.4 Å². The van der Waals surface area contributed by atoms with Crippen LogP contribution in [0.2, 0.25) is 0 Å². The van der Waals surface area contributed by atoms with Crippen molar-refractivity contribution in [2.24, 2.45) is 5.73 Å². The van der Waals surface area contributed by atoms with E-state index in [1.165, 1.54) is 6.26 Å². The molecule has 0 unspecified atom stereocenters. The number of hydrogen-bond donors (Lipinski definition) is 3. The number of amides is 2. The molecule has 2 aromatic rings. The van der Waals surface area contributed by atoms with Crippen LogP contribution < -0.4 is 16.4 Å². The van der Waals surface area contributed by atoms with Crippen LogP contribution in [0.15, 0.2) is 47.1 Å². The molecule has 2 amide bonds. The Morgan fingerprint density at radius 1 is 1.15 bits per heavy atom. The van der Waals surface area contributed by atoms with Gasteiger partial charge in [-0.25, -0.2) is 0 Å². The molecular formula is C14H15N3O3. The number of nitrogens with one attached hydrogen (secondary N) is 2. The zero-order valence-corrected chi connectivity index (χ0v) is 10.9. The fourth-order valence-corrected chi connectivity index (χ4v) is 1.53. The van der Waals surface area contributed by atoms with Gasteiger partial charge in [0.15, 0.2) is 5.76 Å². The Balaban J connectivity index is 2.06. The molecule has 0 fully saturated rings. The van der Waals surface area contributed by atoms with Gasteiger partial charge in [-0.15, -0.1) is 0 Å². The number of anilines is 2. The predicted molar refractivity (Wildman–Crippen MR) is 75.4 cm³/mol. The van der Waals surface area contributed by atoms with Gasteiger partial charge >= 0.3 is 0 Å². The van der Waals surface area contributed by atoms with E-state index >= 15 is 0 Å². The van der Waals surface area contributed by atoms with Gasteiger partial charge in [-0.1, -0.05) is 6.07 Å². The third kappa shape index (κ3) is 3.46. The smallest absolute Gasteiger partial charge is 0.291 e. The van der Waals surface area contributed by atoms with Gasteiger partial charge in [0.2, 0.25) is 5.91 Å². The molecule has 0 saturated carbocycles. The van der Waals surface area contributed by atoms with E-state index in [0.29, 0.717) is 11.4 Å². The molecule has 6 nitrogen and oxygen atoms in total. The minimum Gasteiger partial charge on any atom is -0.459 e. The van der Waals surface area contributed by atoms with Gasteiger partial charge in [0, 0.05) is 11.4 Å². The molecular weight excluding hydrogens is 258 g/mol. The van der Waals surface area contributed by atoms with Gasteiger partial charge in [-0.3, -0.25) is 9.59 Å². The summed E-state index contributed by atoms with van der Waals surface area (Å²) in [5.41, 5.74) is 6.58. The Morgan fingerprint density at radius 3 is 2.45 bits per heavy atom. The SMILES string of the molecule is C[C@@H](N)C(=O)Nc1cccc(NC(=O)c2ccco2)c1. The standard InChI is InChI=1S/C14H15N3O3/c1-9(15)13(18)16-10-4-2-5-11(8-10)17-14(19)12-6-3-7-20-12/h2-9H,15H2,1H3,(H,16,18)(H,17,19)/t9-/m1/s1. The first-order valence-electron chi connectivity index (χ1n) is 6.07. The van der Waals surface area contributed by atoms with Crippen molar-refractivity contribution in [1.82, 2.24) is 0 Å². The highest BCUT2D eigenvalue weighted by Crippen LogP contribution is 2.16. The minimum atomic E-state index is -0.601. The van der Waals surface area contributed by atoms with Crippen molar-refractivity contribution >= 4 is 23.2 Å². The normalized spacial score (nSPS) is 11.7. The Morgan fingerprint density at radius 2 is 1.85 bits per heavy atom. The lowest BCUT2D eigenvalue weighted by atomic mass is 10.2. The molecule has 1 aromatic carbocycles. The first kappa shape index (κ1) is 13.8. The van der Waals surface area contributed by atoms with Gasteiger partial charge in [0.05, 0.1) is 12.3 Å². The molecule has 6 heteroatoms. The van der Waals surface area contributed by atoms with E-state index in [1.807, 2.05) is 0 Å². The van der Waals surface area contributed by atoms with Crippen LogP contribution in [0.4, 0.5) is 11.4 Å². The predicted octanol–water partition coefficient (Wildman–Crippen LogP) is 1.82. The van der Waals surface area contributed by atoms with E-state index in [2.05, 4.69) is 10.6 Å². The molecule has 4 N–H and O–H groups in total. The molecule has 104 valence electrons. The highest BCUT2D eigenvalue weighted by Gasteiger charge is 2.10. The number of hydrogen-bond acceptors (Lipinski definition) is 4. The van der Waals surface area contributed by atoms with Crippen molar-refractivity contribution in [3.63, 3.8) is 0 Å². The van der Waals surface area contributed by atoms with Crippen LogP contribution >= 0.6 is 0 Å². The third-order valence-electron chi connectivity index (χ3n) is 2.55. The molecule has 0 saturated heterocycles. The largest absolute Gasteiger partial charge is 0.459 e. The summed E-state index contributed by atoms with van der Waals surface area (Å²) in [5, 5.41) is 5.32. The summed E-state index contributed by atoms with van der Waals surface area (Å²) in [6.45, 7) is 1.60. The van der Waals surface area contributed by atoms with Crippen molar-refractivity contribution in [2.75, 3.05) is 10.6 Å². The average molecular weight is 273 g/mol. The van der Waals surface area contributed by atoms with Gasteiger partial charge in [0.25, 0.3) is 5.91 Å². The van der Waals surface area contributed by atoms with Gasteiger partial charge in [0.1, 0.15) is 0 Å². The number of rotatable bonds is 4. The van der Waals surface area contributed by atoms with Crippen LogP contribution in [0, 0.1) is 0 Å². The van der Waals surface area contributed by atoms with E-state index in [-0.39, 0.29) is 17.6 Å². The zero-order valence-electron chi connectivity index (χ0n) is 10.9. The molecule has 20 heavy (non-hydrogen) atoms. The molecule has 0 aliphatic carbocycles. The summed E-state index contributed by atoms with van der Waals surface area (Å²) in [6, 6.07) is 9.38. The lowest BCUT2D eigenvalue weighted by Crippen LogP contribution is -2.32. The summed E-state index contributed by atoms with van der Waals surface area (Å²) in [4.78, 5) is 23.3. The first-order valence-corrected chi connectivity index (χ1v) is 6.07. The van der Waals surface area contributed by atoms with Crippen molar-refractivity contribution in [3.8, 4) is 0 Å². The summed E-state index contributed by atoms with van der Waals surface area (Å²) in [7, 11) is 0. The Bertz CT molecular complexity index is 606. The van der Waals surface area contributed by atoms with Crippen LogP contribution in [0.3, 0.4) is 0 Å². The second-order valence-corrected chi connectivity index (χ2v) is 4.29. The van der Waals surface area contributed by atoms with E-state index in [0.717, 1.165) is 0 Å². The summed E-state index contributed by atoms with van der Waals surface area (Å²) in [6.07, 6.45) is 1.42. The van der Waals surface area contributed by atoms with E-state index in [1.54, 1.807) is 43.3 Å². The average Bonchev–Trinajstić information content (AvgIpc) is 2.92. The number of carbonyl (C=O) groups excluding carboxylic acids is 2. The van der Waals surface area contributed by atoms with Crippen molar-refractivity contribution in [2.45, 2.75) is 13.0 Å². The van der Waals surface area contributed by atoms with Crippen molar-refractivity contribution in [1.29, 1.82) is 0 Å². The Hall–Kier alpha value is -2.60. The van der Waals surface area contributed by atoms with Crippen LogP contribution in [-0.2, 0) is 4.79 Å². The van der Waals surface area contributed by atoms with Gasteiger partial charge < -0.3 is 20.8 Å². The monoisotopic (exact) mass is 273 g/mol. The fraction of sp³-hybridized carbons (Fsp3) is 0.143. The van der Waals surface area contributed by atoms with Crippen LogP contribution in [0.1, 0.15) is 17.5 Å². The quantitative estimate of drug-likeness (QED) is 0.791. The zero-order chi connectivity index (χ0) is 14.5. The molecule has 1 aromatic heterocycles. The number of carbonyl (C=O) groups is 2. The second-order valence-electron chi connectivity index (χ2n) is 4.29. The van der Waals surface area contributed by atoms with Gasteiger partial charge in [-0.05, 0) is 37.3 Å². The number of nitrogens with two attached hydrogens (primary N) is 1. The fourth-order valence-electron chi connectivity index (χ4n) is 1.53. The van der Waals surface area contributed by atoms with Crippen molar-refractivity contribution < 1.29 is 14.0 Å². The maximum atomic E-state index is 11.8. The van der Waals surface area contributed by atoms with E-state index in [4.69, 9.17) is 10.2 Å². The number of benzene rings is 1. The first-order chi connectivity index (χ1) is 9.56. The summed E-state index contributed by atoms with van der Waals surface area (Å²) in [5.74, 6) is -0.430. The van der Waals surface area contributed by atoms with Crippen LogP contribution in [-0.4, -0.2) is 17.9 Å². The van der Waals surface area contributed by atoms with Crippen LogP contribution in [0.25, 0.3) is 0 Å². The maximum Gasteiger partial charge on any atom is 0.291 e. The summed E-state index contributed by atoms with van der Waals surface area (Å²) >= 11 is 0. The minimum absolute atomic E-state index is 0.218. The molecule has 0 spiro atoms. The Labute approximate surface area is 116 Å². The molecule has 1 atom stereocenters. The lowest BCUT2D eigenvalue weighted by molar-refractivity contribution is -0.117. The Kier molecular flexibility index (Phi) is 4.17. The highest BCUT2D eigenvalue weighted by atomic mass is 16.3. The van der Waals surface area contributed by atoms with Crippen LogP contribution in [0.5, 0.6) is 0 Å². The topological polar surface area (TPSA) is 97.4 Å². The molecule has 0 bridgehead atoms. The number of furan rings is 1. The summed E-state index contributed by atoms with van der Waals surface area (Å²) < 4.78 is 5.00. The van der Waals surface area contributed by atoms with E-state index in [9.17, 15) is 9.59 Å². The molecule has 2 rings (SSSR count). The highest BCUT2D eigenvalue weighted by molar-refractivity contribution is 6.02. The third-order valence-corrected chi connectivity index (χ3v) is 2.55. The second kappa shape index (κ2) is 6.03. The maximum absolute atomic E-state index is 11.8. The molecule has 0 aliphatic rings. The van der Waals surface area contributed by atoms with E-state index < -0.39 is 6.04 Å². The van der Waals surface area contributed by atoms with Gasteiger partial charge in [-0.2, -0.15) is 0 Å². The molecule has 1 heterocycles. The molecule has 0 aliphatic heterocycles.